The molecule has 0 spiro atoms. The molecule has 1 heteroatoms. The van der Waals surface area contributed by atoms with Crippen molar-refractivity contribution < 1.29 is 4.79 Å². The Balaban J connectivity index is 2.38. The second kappa shape index (κ2) is 2.80. The van der Waals surface area contributed by atoms with Gasteiger partial charge in [0.2, 0.25) is 0 Å². The Bertz CT molecular complexity index is 564. The van der Waals surface area contributed by atoms with Crippen molar-refractivity contribution in [3.8, 4) is 11.1 Å². The van der Waals surface area contributed by atoms with Crippen LogP contribution in [-0.2, 0) is 0 Å². The Hall–Kier alpha value is -1.89. The molecule has 0 aromatic carbocycles. The van der Waals surface area contributed by atoms with E-state index < -0.39 is 0 Å². The molecule has 0 fully saturated rings. The summed E-state index contributed by atoms with van der Waals surface area (Å²) in [4.78, 5) is 11.9. The van der Waals surface area contributed by atoms with Gasteiger partial charge in [0.1, 0.15) is 0 Å². The molecule has 0 atom stereocenters. The third kappa shape index (κ3) is 1.06. The molecule has 0 radical (unpaired) electrons. The first-order chi connectivity index (χ1) is 7.27. The molecule has 72 valence electrons. The molecule has 0 aromatic rings. The number of hydrogen-bond acceptors (Lipinski definition) is 1. The second-order valence-electron chi connectivity index (χ2n) is 3.91. The lowest BCUT2D eigenvalue weighted by Crippen LogP contribution is -1.95. The fraction of sp³-hybridized carbons (Fsp3) is 0.0714. The van der Waals surface area contributed by atoms with Gasteiger partial charge in [-0.15, -0.1) is 0 Å². The SMILES string of the molecule is CC1=Cc2cc3cccccc-3c2C1=O. The Kier molecular flexibility index (Phi) is 1.57. The van der Waals surface area contributed by atoms with Gasteiger partial charge in [-0.2, -0.15) is 0 Å². The van der Waals surface area contributed by atoms with E-state index in [0.29, 0.717) is 0 Å². The normalized spacial score (nSPS) is 14.2. The summed E-state index contributed by atoms with van der Waals surface area (Å²) in [5.74, 6) is 0.172. The van der Waals surface area contributed by atoms with Crippen LogP contribution in [0.2, 0.25) is 0 Å². The highest BCUT2D eigenvalue weighted by molar-refractivity contribution is 6.21. The van der Waals surface area contributed by atoms with E-state index in [1.165, 1.54) is 0 Å². The number of allylic oxidation sites excluding steroid dienone is 1. The van der Waals surface area contributed by atoms with Crippen molar-refractivity contribution >= 4 is 11.9 Å². The predicted octanol–water partition coefficient (Wildman–Crippen LogP) is 3.39. The molecule has 15 heavy (non-hydrogen) atoms. The highest BCUT2D eigenvalue weighted by atomic mass is 16.1. The summed E-state index contributed by atoms with van der Waals surface area (Å²) < 4.78 is 0. The number of ketones is 1. The van der Waals surface area contributed by atoms with Gasteiger partial charge < -0.3 is 0 Å². The van der Waals surface area contributed by atoms with Crippen LogP contribution in [0, 0.1) is 0 Å². The first-order valence-electron chi connectivity index (χ1n) is 5.02. The molecule has 0 saturated carbocycles. The summed E-state index contributed by atoms with van der Waals surface area (Å²) in [6, 6.07) is 12.1. The lowest BCUT2D eigenvalue weighted by atomic mass is 10.1. The van der Waals surface area contributed by atoms with Gasteiger partial charge in [0.05, 0.1) is 0 Å². The molecule has 0 aromatic heterocycles. The average molecular weight is 194 g/mol. The van der Waals surface area contributed by atoms with Gasteiger partial charge in [0.25, 0.3) is 0 Å². The summed E-state index contributed by atoms with van der Waals surface area (Å²) in [5, 5.41) is 0. The number of Topliss-reactive ketones (excluding diaryl/α,β-unsaturated/α-hetero) is 1. The fourth-order valence-electron chi connectivity index (χ4n) is 2.17. The fourth-order valence-corrected chi connectivity index (χ4v) is 2.17. The quantitative estimate of drug-likeness (QED) is 0.628. The van der Waals surface area contributed by atoms with E-state index in [1.54, 1.807) is 0 Å². The van der Waals surface area contributed by atoms with Crippen LogP contribution in [0.5, 0.6) is 0 Å². The van der Waals surface area contributed by atoms with E-state index in [4.69, 9.17) is 0 Å². The molecule has 0 amide bonds. The van der Waals surface area contributed by atoms with Crippen LogP contribution in [0.15, 0.2) is 42.0 Å². The van der Waals surface area contributed by atoms with E-state index >= 15 is 0 Å². The third-order valence-corrected chi connectivity index (χ3v) is 2.90. The molecule has 0 aliphatic heterocycles. The molecular formula is C14H10O. The molecule has 0 bridgehead atoms. The summed E-state index contributed by atoms with van der Waals surface area (Å²) in [5.41, 5.74) is 4.99. The Labute approximate surface area is 88.4 Å². The van der Waals surface area contributed by atoms with Crippen LogP contribution in [0.1, 0.15) is 22.8 Å². The minimum Gasteiger partial charge on any atom is -0.289 e. The van der Waals surface area contributed by atoms with Gasteiger partial charge in [-0.3, -0.25) is 4.79 Å². The number of hydrogen-bond donors (Lipinski definition) is 0. The van der Waals surface area contributed by atoms with Crippen LogP contribution in [0.25, 0.3) is 17.2 Å². The molecule has 3 aliphatic rings. The van der Waals surface area contributed by atoms with Crippen LogP contribution in [0.4, 0.5) is 0 Å². The highest BCUT2D eigenvalue weighted by Gasteiger charge is 2.25. The van der Waals surface area contributed by atoms with Crippen molar-refractivity contribution in [1.29, 1.82) is 0 Å². The maximum Gasteiger partial charge on any atom is 0.189 e. The van der Waals surface area contributed by atoms with Crippen molar-refractivity contribution in [2.24, 2.45) is 0 Å². The second-order valence-corrected chi connectivity index (χ2v) is 3.91. The zero-order valence-electron chi connectivity index (χ0n) is 8.45. The van der Waals surface area contributed by atoms with E-state index in [1.807, 2.05) is 43.3 Å². The van der Waals surface area contributed by atoms with Gasteiger partial charge in [0, 0.05) is 5.56 Å². The minimum absolute atomic E-state index is 0.172. The summed E-state index contributed by atoms with van der Waals surface area (Å²) in [6.45, 7) is 1.87. The lowest BCUT2D eigenvalue weighted by Gasteiger charge is -1.96. The third-order valence-electron chi connectivity index (χ3n) is 2.90. The number of rotatable bonds is 0. The zero-order valence-corrected chi connectivity index (χ0v) is 8.45. The number of carbonyl (C=O) groups excluding carboxylic acids is 1. The maximum atomic E-state index is 11.9. The molecular weight excluding hydrogens is 184 g/mol. The zero-order chi connectivity index (χ0) is 10.4. The van der Waals surface area contributed by atoms with Gasteiger partial charge in [0.15, 0.2) is 5.78 Å². The van der Waals surface area contributed by atoms with E-state index in [2.05, 4.69) is 6.07 Å². The van der Waals surface area contributed by atoms with E-state index in [9.17, 15) is 4.79 Å². The van der Waals surface area contributed by atoms with Crippen molar-refractivity contribution in [1.82, 2.24) is 0 Å². The largest absolute Gasteiger partial charge is 0.289 e. The predicted molar refractivity (Wildman–Crippen MR) is 61.0 cm³/mol. The monoisotopic (exact) mass is 194 g/mol. The number of fused-ring (bicyclic) bond motifs is 3. The smallest absolute Gasteiger partial charge is 0.189 e. The lowest BCUT2D eigenvalue weighted by molar-refractivity contribution is 0.103. The Morgan fingerprint density at radius 1 is 1.07 bits per heavy atom. The summed E-state index contributed by atoms with van der Waals surface area (Å²) in [7, 11) is 0. The highest BCUT2D eigenvalue weighted by Crippen LogP contribution is 2.37. The molecule has 3 aliphatic carbocycles. The molecule has 3 rings (SSSR count). The van der Waals surface area contributed by atoms with Crippen LogP contribution >= 0.6 is 0 Å². The first kappa shape index (κ1) is 8.42. The van der Waals surface area contributed by atoms with Gasteiger partial charge >= 0.3 is 0 Å². The average Bonchev–Trinajstić information content (AvgIpc) is 2.55. The topological polar surface area (TPSA) is 17.1 Å². The Morgan fingerprint density at radius 3 is 2.73 bits per heavy atom. The Morgan fingerprint density at radius 2 is 1.87 bits per heavy atom. The van der Waals surface area contributed by atoms with Crippen LogP contribution in [-0.4, -0.2) is 5.78 Å². The molecule has 1 nitrogen and oxygen atoms in total. The molecule has 0 unspecified atom stereocenters. The number of carbonyl (C=O) groups is 1. The van der Waals surface area contributed by atoms with Crippen molar-refractivity contribution in [2.75, 3.05) is 0 Å². The molecule has 0 saturated heterocycles. The van der Waals surface area contributed by atoms with E-state index in [-0.39, 0.29) is 5.78 Å². The van der Waals surface area contributed by atoms with Crippen LogP contribution in [0.3, 0.4) is 0 Å². The first-order valence-corrected chi connectivity index (χ1v) is 5.02. The minimum atomic E-state index is 0.172. The van der Waals surface area contributed by atoms with Gasteiger partial charge in [-0.05, 0) is 41.3 Å². The molecule has 0 heterocycles. The van der Waals surface area contributed by atoms with Gasteiger partial charge in [-0.1, -0.05) is 30.3 Å². The molecule has 0 N–H and O–H groups in total. The van der Waals surface area contributed by atoms with Crippen LogP contribution < -0.4 is 0 Å². The maximum absolute atomic E-state index is 11.9. The summed E-state index contributed by atoms with van der Waals surface area (Å²) >= 11 is 0. The standard InChI is InChI=1S/C14H10O/c1-9-7-11-8-10-5-3-2-4-6-12(10)13(11)14(9)15/h2-8H,1H3. The van der Waals surface area contributed by atoms with Crippen molar-refractivity contribution in [3.63, 3.8) is 0 Å². The van der Waals surface area contributed by atoms with Gasteiger partial charge in [-0.25, -0.2) is 0 Å². The van der Waals surface area contributed by atoms with E-state index in [0.717, 1.165) is 27.8 Å². The van der Waals surface area contributed by atoms with Crippen molar-refractivity contribution in [3.05, 3.63) is 53.1 Å². The summed E-state index contributed by atoms with van der Waals surface area (Å²) in [6.07, 6.45) is 1.97. The van der Waals surface area contributed by atoms with Crippen molar-refractivity contribution in [2.45, 2.75) is 6.92 Å².